The standard InChI is InChI=1S/C19H14Cl3N3O2S/c1-2-5-24-15-4-3-13(14-9-23-19(22)28-14)25(15)18(27)16(17(24)26)10-6-11(20)8-12(21)7-10/h2,6-9,13H,1,3-5H2/p+1. The van der Waals surface area contributed by atoms with Gasteiger partial charge in [0.2, 0.25) is 0 Å². The number of benzene rings is 1. The van der Waals surface area contributed by atoms with Crippen molar-refractivity contribution in [3.63, 3.8) is 0 Å². The van der Waals surface area contributed by atoms with E-state index in [2.05, 4.69) is 11.6 Å². The lowest BCUT2D eigenvalue weighted by molar-refractivity contribution is -0.703. The number of thiazole rings is 1. The van der Waals surface area contributed by atoms with E-state index in [0.29, 0.717) is 39.5 Å². The molecule has 9 heteroatoms. The molecular formula is C19H15Cl3N3O2S+. The number of halogens is 3. The zero-order valence-electron chi connectivity index (χ0n) is 14.5. The molecule has 0 bridgehead atoms. The summed E-state index contributed by atoms with van der Waals surface area (Å²) < 4.78 is 3.83. The van der Waals surface area contributed by atoms with Crippen LogP contribution >= 0.6 is 46.1 Å². The highest BCUT2D eigenvalue weighted by atomic mass is 35.5. The van der Waals surface area contributed by atoms with Gasteiger partial charge < -0.3 is 5.11 Å². The Bertz CT molecular complexity index is 1140. The molecule has 0 fully saturated rings. The third kappa shape index (κ3) is 3.24. The second kappa shape index (κ2) is 7.52. The summed E-state index contributed by atoms with van der Waals surface area (Å²) in [5.74, 6) is 0.603. The van der Waals surface area contributed by atoms with Gasteiger partial charge in [-0.05, 0) is 18.2 Å². The third-order valence-electron chi connectivity index (χ3n) is 4.74. The molecule has 144 valence electrons. The lowest BCUT2D eigenvalue weighted by atomic mass is 10.1. The molecule has 4 rings (SSSR count). The Morgan fingerprint density at radius 2 is 2.04 bits per heavy atom. The maximum atomic E-state index is 13.5. The van der Waals surface area contributed by atoms with Gasteiger partial charge in [0.05, 0.1) is 11.3 Å². The molecule has 3 aromatic rings. The van der Waals surface area contributed by atoms with Gasteiger partial charge in [-0.2, -0.15) is 9.13 Å². The summed E-state index contributed by atoms with van der Waals surface area (Å²) in [6.45, 7) is 4.13. The first-order chi connectivity index (χ1) is 13.4. The molecule has 1 aliphatic rings. The second-order valence-electron chi connectivity index (χ2n) is 6.42. The molecule has 28 heavy (non-hydrogen) atoms. The number of nitrogens with zero attached hydrogens (tertiary/aromatic N) is 3. The van der Waals surface area contributed by atoms with E-state index in [1.165, 1.54) is 11.3 Å². The number of fused-ring (bicyclic) bond motifs is 1. The van der Waals surface area contributed by atoms with Crippen LogP contribution in [-0.4, -0.2) is 14.7 Å². The third-order valence-corrected chi connectivity index (χ3v) is 6.39. The average molecular weight is 456 g/mol. The van der Waals surface area contributed by atoms with Crippen LogP contribution in [0, 0.1) is 0 Å². The van der Waals surface area contributed by atoms with Gasteiger partial charge in [0.25, 0.3) is 11.7 Å². The summed E-state index contributed by atoms with van der Waals surface area (Å²) in [6, 6.07) is 4.61. The van der Waals surface area contributed by atoms with E-state index in [4.69, 9.17) is 34.8 Å². The normalized spacial score (nSPS) is 15.6. The minimum atomic E-state index is -0.307. The van der Waals surface area contributed by atoms with Gasteiger partial charge in [-0.25, -0.2) is 9.78 Å². The van der Waals surface area contributed by atoms with Crippen molar-refractivity contribution in [2.75, 3.05) is 0 Å². The summed E-state index contributed by atoms with van der Waals surface area (Å²) in [7, 11) is 0. The van der Waals surface area contributed by atoms with Gasteiger partial charge in [-0.3, -0.25) is 0 Å². The van der Waals surface area contributed by atoms with Crippen LogP contribution in [0.25, 0.3) is 11.1 Å². The molecule has 0 saturated carbocycles. The van der Waals surface area contributed by atoms with E-state index in [9.17, 15) is 9.90 Å². The van der Waals surface area contributed by atoms with E-state index < -0.39 is 0 Å². The highest BCUT2D eigenvalue weighted by molar-refractivity contribution is 7.15. The molecule has 1 N–H and O–H groups in total. The summed E-state index contributed by atoms with van der Waals surface area (Å²) in [5.41, 5.74) is 0.303. The molecule has 0 aliphatic carbocycles. The Labute approximate surface area is 180 Å². The van der Waals surface area contributed by atoms with Gasteiger partial charge in [0.1, 0.15) is 12.6 Å². The van der Waals surface area contributed by atoms with Gasteiger partial charge in [0, 0.05) is 28.2 Å². The molecule has 1 unspecified atom stereocenters. The largest absolute Gasteiger partial charge is 0.477 e. The molecule has 0 spiro atoms. The zero-order chi connectivity index (χ0) is 20.0. The van der Waals surface area contributed by atoms with Gasteiger partial charge >= 0.3 is 5.56 Å². The van der Waals surface area contributed by atoms with Crippen LogP contribution in [0.1, 0.15) is 23.2 Å². The molecule has 1 aromatic carbocycles. The van der Waals surface area contributed by atoms with Crippen molar-refractivity contribution in [3.05, 3.63) is 72.6 Å². The quantitative estimate of drug-likeness (QED) is 0.460. The number of allylic oxidation sites excluding steroid dienone is 1. The van der Waals surface area contributed by atoms with Crippen molar-refractivity contribution in [2.24, 2.45) is 0 Å². The van der Waals surface area contributed by atoms with Crippen molar-refractivity contribution < 1.29 is 9.67 Å². The Kier molecular flexibility index (Phi) is 5.22. The topological polar surface area (TPSA) is 59.0 Å². The minimum Gasteiger partial charge on any atom is -0.477 e. The molecule has 5 nitrogen and oxygen atoms in total. The van der Waals surface area contributed by atoms with Crippen LogP contribution in [0.3, 0.4) is 0 Å². The van der Waals surface area contributed by atoms with Crippen LogP contribution in [-0.2, 0) is 13.0 Å². The van der Waals surface area contributed by atoms with Crippen LogP contribution in [0.5, 0.6) is 5.88 Å². The van der Waals surface area contributed by atoms with Crippen molar-refractivity contribution in [1.29, 1.82) is 0 Å². The molecule has 1 aliphatic heterocycles. The lowest BCUT2D eigenvalue weighted by Gasteiger charge is -2.13. The first-order valence-corrected chi connectivity index (χ1v) is 10.4. The fourth-order valence-electron chi connectivity index (χ4n) is 3.65. The summed E-state index contributed by atoms with van der Waals surface area (Å²) in [5, 5.41) is 11.7. The summed E-state index contributed by atoms with van der Waals surface area (Å²) >= 11 is 19.6. The van der Waals surface area contributed by atoms with Crippen LogP contribution in [0.2, 0.25) is 14.5 Å². The van der Waals surface area contributed by atoms with Gasteiger partial charge in [-0.15, -0.1) is 11.3 Å². The SMILES string of the molecule is C=CC[n+]1c(O)c(-c2cc(Cl)cc(Cl)c2)c(=O)n2c1CCC2c1cnc(Cl)s1. The molecule has 0 saturated heterocycles. The Balaban J connectivity index is 2.02. The fourth-order valence-corrected chi connectivity index (χ4v) is 5.26. The maximum Gasteiger partial charge on any atom is 0.349 e. The Morgan fingerprint density at radius 3 is 2.64 bits per heavy atom. The zero-order valence-corrected chi connectivity index (χ0v) is 17.6. The maximum absolute atomic E-state index is 13.5. The van der Waals surface area contributed by atoms with Gasteiger partial charge in [-0.1, -0.05) is 47.5 Å². The van der Waals surface area contributed by atoms with Crippen molar-refractivity contribution >= 4 is 46.1 Å². The van der Waals surface area contributed by atoms with E-state index in [1.807, 2.05) is 0 Å². The van der Waals surface area contributed by atoms with Crippen molar-refractivity contribution in [2.45, 2.75) is 25.4 Å². The molecule has 3 heterocycles. The molecule has 0 amide bonds. The fraction of sp³-hybridized carbons (Fsp3) is 0.211. The van der Waals surface area contributed by atoms with Crippen LogP contribution in [0.4, 0.5) is 0 Å². The Morgan fingerprint density at radius 1 is 1.32 bits per heavy atom. The second-order valence-corrected chi connectivity index (χ2v) is 8.93. The average Bonchev–Trinajstić information content (AvgIpc) is 3.24. The predicted molar refractivity (Wildman–Crippen MR) is 112 cm³/mol. The highest BCUT2D eigenvalue weighted by Crippen LogP contribution is 2.36. The van der Waals surface area contributed by atoms with Crippen LogP contribution < -0.4 is 10.1 Å². The number of hydrogen-bond acceptors (Lipinski definition) is 4. The number of hydrogen-bond donors (Lipinski definition) is 1. The summed E-state index contributed by atoms with van der Waals surface area (Å²) in [4.78, 5) is 18.5. The van der Waals surface area contributed by atoms with E-state index in [-0.39, 0.29) is 23.0 Å². The summed E-state index contributed by atoms with van der Waals surface area (Å²) in [6.07, 6.45) is 4.72. The lowest BCUT2D eigenvalue weighted by Crippen LogP contribution is -2.45. The molecular weight excluding hydrogens is 441 g/mol. The monoisotopic (exact) mass is 454 g/mol. The van der Waals surface area contributed by atoms with Gasteiger partial charge in [0.15, 0.2) is 10.0 Å². The van der Waals surface area contributed by atoms with E-state index >= 15 is 0 Å². The first-order valence-electron chi connectivity index (χ1n) is 8.49. The highest BCUT2D eigenvalue weighted by Gasteiger charge is 2.39. The molecule has 1 atom stereocenters. The molecule has 2 aromatic heterocycles. The number of aromatic nitrogens is 3. The molecule has 0 radical (unpaired) electrons. The van der Waals surface area contributed by atoms with Crippen molar-refractivity contribution in [1.82, 2.24) is 9.55 Å². The first kappa shape index (κ1) is 19.5. The van der Waals surface area contributed by atoms with Crippen LogP contribution in [0.15, 0.2) is 41.8 Å². The smallest absolute Gasteiger partial charge is 0.349 e. The number of aromatic hydroxyl groups is 1. The Hall–Kier alpha value is -1.86. The predicted octanol–water partition coefficient (Wildman–Crippen LogP) is 4.65. The van der Waals surface area contributed by atoms with E-state index in [1.54, 1.807) is 39.6 Å². The number of rotatable bonds is 4. The van der Waals surface area contributed by atoms with Crippen molar-refractivity contribution in [3.8, 4) is 17.0 Å². The van der Waals surface area contributed by atoms with E-state index in [0.717, 1.165) is 10.7 Å². The minimum absolute atomic E-state index is 0.127.